The van der Waals surface area contributed by atoms with Gasteiger partial charge < -0.3 is 10.2 Å². The minimum Gasteiger partial charge on any atom is -0.508 e. The topological polar surface area (TPSA) is 132 Å². The molecule has 0 fully saturated rings. The first-order chi connectivity index (χ1) is 11.0. The van der Waals surface area contributed by atoms with Crippen LogP contribution in [0.5, 0.6) is 11.5 Å². The van der Waals surface area contributed by atoms with Gasteiger partial charge in [0.2, 0.25) is 0 Å². The average Bonchev–Trinajstić information content (AvgIpc) is 2.51. The minimum absolute atomic E-state index is 0.134. The maximum atomic E-state index is 12.4. The first kappa shape index (κ1) is 18.2. The lowest BCUT2D eigenvalue weighted by atomic mass is 10.2. The summed E-state index contributed by atoms with van der Waals surface area (Å²) in [5.41, 5.74) is 0.268. The lowest BCUT2D eigenvalue weighted by Gasteiger charge is -2.18. The third kappa shape index (κ3) is 3.08. The Morgan fingerprint density at radius 2 is 1.08 bits per heavy atom. The van der Waals surface area contributed by atoms with Crippen molar-refractivity contribution in [2.75, 3.05) is 0 Å². The second-order valence-electron chi connectivity index (χ2n) is 5.09. The van der Waals surface area contributed by atoms with Gasteiger partial charge in [-0.3, -0.25) is 5.21 Å². The lowest BCUT2D eigenvalue weighted by Crippen LogP contribution is -2.34. The Kier molecular flexibility index (Phi) is 4.59. The van der Waals surface area contributed by atoms with E-state index in [2.05, 4.69) is 0 Å². The van der Waals surface area contributed by atoms with E-state index >= 15 is 0 Å². The van der Waals surface area contributed by atoms with Crippen LogP contribution in [-0.2, 0) is 20.0 Å². The van der Waals surface area contributed by atoms with Crippen LogP contribution in [-0.4, -0.2) is 36.1 Å². The van der Waals surface area contributed by atoms with Crippen LogP contribution >= 0.6 is 0 Å². The van der Waals surface area contributed by atoms with E-state index in [1.54, 1.807) is 0 Å². The summed E-state index contributed by atoms with van der Waals surface area (Å²) in [6.07, 6.45) is 0. The number of aryl methyl sites for hydroxylation is 2. The zero-order valence-electron chi connectivity index (χ0n) is 12.7. The van der Waals surface area contributed by atoms with Crippen molar-refractivity contribution in [3.8, 4) is 11.5 Å². The van der Waals surface area contributed by atoms with Gasteiger partial charge in [0.15, 0.2) is 0 Å². The van der Waals surface area contributed by atoms with Crippen molar-refractivity contribution in [3.05, 3.63) is 47.5 Å². The molecule has 0 aromatic heterocycles. The van der Waals surface area contributed by atoms with E-state index in [1.165, 1.54) is 38.1 Å². The molecule has 0 saturated heterocycles. The number of benzene rings is 2. The molecule has 0 atom stereocenters. The smallest absolute Gasteiger partial charge is 0.279 e. The normalized spacial score (nSPS) is 12.5. The molecule has 3 N–H and O–H groups in total. The predicted octanol–water partition coefficient (Wildman–Crippen LogP) is 1.48. The molecule has 0 aliphatic rings. The van der Waals surface area contributed by atoms with Crippen molar-refractivity contribution in [2.24, 2.45) is 0 Å². The molecule has 2 aromatic carbocycles. The number of hydrogen-bond acceptors (Lipinski definition) is 7. The highest BCUT2D eigenvalue weighted by Crippen LogP contribution is 2.29. The number of hydrogen-bond donors (Lipinski definition) is 3. The van der Waals surface area contributed by atoms with Gasteiger partial charge in [0, 0.05) is 16.0 Å². The molecule has 0 saturated carbocycles. The summed E-state index contributed by atoms with van der Waals surface area (Å²) in [7, 11) is -9.74. The zero-order chi connectivity index (χ0) is 18.3. The van der Waals surface area contributed by atoms with Crippen molar-refractivity contribution < 1.29 is 32.3 Å². The minimum atomic E-state index is -4.87. The first-order valence-electron chi connectivity index (χ1n) is 6.56. The van der Waals surface area contributed by atoms with E-state index in [1.807, 2.05) is 0 Å². The van der Waals surface area contributed by atoms with Crippen molar-refractivity contribution in [1.82, 2.24) is 3.87 Å². The van der Waals surface area contributed by atoms with E-state index in [9.17, 15) is 32.3 Å². The Balaban J connectivity index is 2.63. The molecule has 2 rings (SSSR count). The summed E-state index contributed by atoms with van der Waals surface area (Å²) in [4.78, 5) is -1.13. The summed E-state index contributed by atoms with van der Waals surface area (Å²) in [6.45, 7) is 2.76. The van der Waals surface area contributed by atoms with Gasteiger partial charge in [0.25, 0.3) is 20.0 Å². The van der Waals surface area contributed by atoms with Gasteiger partial charge >= 0.3 is 0 Å². The van der Waals surface area contributed by atoms with Crippen LogP contribution in [0.3, 0.4) is 0 Å². The fraction of sp³-hybridized carbons (Fsp3) is 0.143. The van der Waals surface area contributed by atoms with Crippen molar-refractivity contribution in [3.63, 3.8) is 0 Å². The molecule has 0 amide bonds. The Hall–Kier alpha value is -2.14. The van der Waals surface area contributed by atoms with Crippen LogP contribution in [0.1, 0.15) is 11.1 Å². The summed E-state index contributed by atoms with van der Waals surface area (Å²) >= 11 is 0. The molecule has 8 nitrogen and oxygen atoms in total. The van der Waals surface area contributed by atoms with Gasteiger partial charge in [-0.2, -0.15) is 0 Å². The lowest BCUT2D eigenvalue weighted by molar-refractivity contribution is 0.0942. The number of rotatable bonds is 4. The van der Waals surface area contributed by atoms with Gasteiger partial charge in [0.1, 0.15) is 11.5 Å². The highest BCUT2D eigenvalue weighted by molar-refractivity contribution is 8.03. The standard InChI is InChI=1S/C14H15NO7S2/c1-9-3-5-11(16)7-13(9)23(19,20)15(18)24(21,22)14-8-12(17)6-4-10(14)2/h3-8,16-18H,1-2H3. The van der Waals surface area contributed by atoms with E-state index < -0.39 is 45.2 Å². The van der Waals surface area contributed by atoms with E-state index in [-0.39, 0.29) is 11.1 Å². The number of phenols is 2. The molecule has 0 heterocycles. The van der Waals surface area contributed by atoms with Crippen LogP contribution in [0, 0.1) is 13.8 Å². The fourth-order valence-electron chi connectivity index (χ4n) is 2.03. The van der Waals surface area contributed by atoms with Gasteiger partial charge in [-0.25, -0.2) is 16.8 Å². The molecule has 0 aliphatic heterocycles. The fourth-order valence-corrected chi connectivity index (χ4v) is 5.37. The third-order valence-electron chi connectivity index (χ3n) is 3.31. The Morgan fingerprint density at radius 3 is 1.42 bits per heavy atom. The van der Waals surface area contributed by atoms with Crippen molar-refractivity contribution in [1.29, 1.82) is 0 Å². The maximum Gasteiger partial charge on any atom is 0.279 e. The molecule has 0 bridgehead atoms. The van der Waals surface area contributed by atoms with Crippen molar-refractivity contribution >= 4 is 20.0 Å². The molecular formula is C14H15NO7S2. The molecule has 24 heavy (non-hydrogen) atoms. The quantitative estimate of drug-likeness (QED) is 0.692. The Labute approximate surface area is 139 Å². The van der Waals surface area contributed by atoms with Crippen LogP contribution in [0.25, 0.3) is 0 Å². The van der Waals surface area contributed by atoms with Gasteiger partial charge in [-0.05, 0) is 37.1 Å². The summed E-state index contributed by atoms with van der Waals surface area (Å²) in [5.74, 6) is -0.808. The average molecular weight is 373 g/mol. The predicted molar refractivity (Wildman–Crippen MR) is 83.7 cm³/mol. The summed E-state index contributed by atoms with van der Waals surface area (Å²) in [6, 6.07) is 6.65. The highest BCUT2D eigenvalue weighted by atomic mass is 32.3. The van der Waals surface area contributed by atoms with E-state index in [4.69, 9.17) is 0 Å². The molecule has 0 spiro atoms. The van der Waals surface area contributed by atoms with Crippen LogP contribution in [0.4, 0.5) is 0 Å². The largest absolute Gasteiger partial charge is 0.508 e. The van der Waals surface area contributed by atoms with Gasteiger partial charge in [-0.15, -0.1) is 0 Å². The number of aromatic hydroxyl groups is 2. The molecule has 0 radical (unpaired) electrons. The summed E-state index contributed by atoms with van der Waals surface area (Å²) in [5, 5.41) is 28.8. The van der Waals surface area contributed by atoms with E-state index in [0.717, 1.165) is 12.1 Å². The van der Waals surface area contributed by atoms with Crippen LogP contribution in [0.15, 0.2) is 46.2 Å². The Morgan fingerprint density at radius 1 is 0.750 bits per heavy atom. The van der Waals surface area contributed by atoms with E-state index in [0.29, 0.717) is 0 Å². The number of nitrogens with zero attached hydrogens (tertiary/aromatic N) is 1. The molecule has 2 aromatic rings. The van der Waals surface area contributed by atoms with Gasteiger partial charge in [0.05, 0.1) is 9.79 Å². The molecule has 130 valence electrons. The highest BCUT2D eigenvalue weighted by Gasteiger charge is 2.37. The molecule has 0 unspecified atom stereocenters. The second kappa shape index (κ2) is 6.06. The first-order valence-corrected chi connectivity index (χ1v) is 9.44. The number of phenolic OH excluding ortho intramolecular Hbond substituents is 2. The molecule has 10 heteroatoms. The SMILES string of the molecule is Cc1ccc(O)cc1S(=O)(=O)N(O)S(=O)(=O)c1cc(O)ccc1C. The van der Waals surface area contributed by atoms with Gasteiger partial charge in [-0.1, -0.05) is 12.1 Å². The van der Waals surface area contributed by atoms with Crippen molar-refractivity contribution in [2.45, 2.75) is 23.6 Å². The Bertz CT molecular complexity index is 916. The third-order valence-corrected chi connectivity index (χ3v) is 7.30. The zero-order valence-corrected chi connectivity index (χ0v) is 14.3. The summed E-state index contributed by atoms with van der Waals surface area (Å²) < 4.78 is 49.0. The molecular weight excluding hydrogens is 358 g/mol. The van der Waals surface area contributed by atoms with Crippen LogP contribution in [0.2, 0.25) is 0 Å². The monoisotopic (exact) mass is 373 g/mol. The maximum absolute atomic E-state index is 12.4. The van der Waals surface area contributed by atoms with Crippen LogP contribution < -0.4 is 0 Å². The molecule has 0 aliphatic carbocycles. The second-order valence-corrected chi connectivity index (χ2v) is 8.79. The number of sulfonamides is 2.